The van der Waals surface area contributed by atoms with Crippen molar-refractivity contribution < 1.29 is 0 Å². The van der Waals surface area contributed by atoms with Crippen molar-refractivity contribution in [3.8, 4) is 0 Å². The molecule has 0 fully saturated rings. The molecule has 5 nitrogen and oxygen atoms in total. The molecule has 24 heavy (non-hydrogen) atoms. The Labute approximate surface area is 146 Å². The van der Waals surface area contributed by atoms with E-state index in [2.05, 4.69) is 72.6 Å². The Balaban J connectivity index is 1.69. The Kier molecular flexibility index (Phi) is 4.76. The molecule has 0 spiro atoms. The van der Waals surface area contributed by atoms with Gasteiger partial charge in [0.25, 0.3) is 0 Å². The predicted octanol–water partition coefficient (Wildman–Crippen LogP) is 4.01. The minimum atomic E-state index is -0.0957. The first kappa shape index (κ1) is 16.8. The summed E-state index contributed by atoms with van der Waals surface area (Å²) >= 11 is 1.85. The van der Waals surface area contributed by atoms with Crippen LogP contribution in [-0.2, 0) is 5.41 Å². The molecule has 1 aromatic carbocycles. The van der Waals surface area contributed by atoms with Gasteiger partial charge in [0.05, 0.1) is 0 Å². The molecule has 0 saturated carbocycles. The molecule has 6 heteroatoms. The molecule has 3 aromatic rings. The number of nitrogens with one attached hydrogen (secondary N) is 1. The number of nitrogens with zero attached hydrogens (tertiary/aromatic N) is 4. The van der Waals surface area contributed by atoms with Gasteiger partial charge in [0.1, 0.15) is 5.82 Å². The normalized spacial score (nSPS) is 13.2. The maximum absolute atomic E-state index is 4.65. The van der Waals surface area contributed by atoms with Crippen molar-refractivity contribution in [1.29, 1.82) is 0 Å². The van der Waals surface area contributed by atoms with Crippen LogP contribution in [-0.4, -0.2) is 31.6 Å². The maximum Gasteiger partial charge on any atom is 0.178 e. The van der Waals surface area contributed by atoms with E-state index < -0.39 is 0 Å². The van der Waals surface area contributed by atoms with Crippen molar-refractivity contribution in [1.82, 2.24) is 19.8 Å². The highest BCUT2D eigenvalue weighted by Gasteiger charge is 2.21. The first-order valence-electron chi connectivity index (χ1n) is 8.12. The van der Waals surface area contributed by atoms with Crippen LogP contribution in [0.4, 0.5) is 5.82 Å². The smallest absolute Gasteiger partial charge is 0.178 e. The van der Waals surface area contributed by atoms with Crippen molar-refractivity contribution in [3.05, 3.63) is 48.3 Å². The molecule has 0 aliphatic rings. The van der Waals surface area contributed by atoms with Gasteiger partial charge in [0, 0.05) is 22.1 Å². The Hall–Kier alpha value is -2.08. The lowest BCUT2D eigenvalue weighted by Gasteiger charge is -2.16. The van der Waals surface area contributed by atoms with Gasteiger partial charge in [-0.3, -0.25) is 0 Å². The molecule has 0 radical (unpaired) electrons. The lowest BCUT2D eigenvalue weighted by molar-refractivity contribution is 0.527. The van der Waals surface area contributed by atoms with Crippen molar-refractivity contribution >= 4 is 23.2 Å². The molecule has 0 bridgehead atoms. The maximum atomic E-state index is 4.65. The lowest BCUT2D eigenvalue weighted by atomic mass is 9.96. The fourth-order valence-corrected chi connectivity index (χ4v) is 3.32. The molecule has 1 N–H and O–H groups in total. The monoisotopic (exact) mass is 341 g/mol. The summed E-state index contributed by atoms with van der Waals surface area (Å²) in [6.07, 6.45) is 0. The largest absolute Gasteiger partial charge is 0.368 e. The van der Waals surface area contributed by atoms with Crippen molar-refractivity contribution in [2.45, 2.75) is 43.3 Å². The van der Waals surface area contributed by atoms with E-state index in [9.17, 15) is 0 Å². The third-order valence-electron chi connectivity index (χ3n) is 3.58. The van der Waals surface area contributed by atoms with E-state index in [1.54, 1.807) is 0 Å². The number of benzene rings is 1. The Morgan fingerprint density at radius 1 is 1.08 bits per heavy atom. The fraction of sp³-hybridized carbons (Fsp3) is 0.389. The van der Waals surface area contributed by atoms with Gasteiger partial charge in [-0.1, -0.05) is 45.9 Å². The summed E-state index contributed by atoms with van der Waals surface area (Å²) in [6.45, 7) is 9.39. The van der Waals surface area contributed by atoms with Crippen LogP contribution in [0.2, 0.25) is 0 Å². The van der Waals surface area contributed by atoms with Crippen LogP contribution in [0.1, 0.15) is 33.5 Å². The first-order valence-corrected chi connectivity index (χ1v) is 9.00. The molecule has 1 atom stereocenters. The van der Waals surface area contributed by atoms with Crippen LogP contribution in [0.15, 0.2) is 47.4 Å². The quantitative estimate of drug-likeness (QED) is 0.711. The molecule has 0 aliphatic carbocycles. The number of thioether (sulfide) groups is 1. The van der Waals surface area contributed by atoms with Gasteiger partial charge in [0.2, 0.25) is 0 Å². The Morgan fingerprint density at radius 2 is 1.83 bits per heavy atom. The molecule has 0 aliphatic heterocycles. The van der Waals surface area contributed by atoms with Gasteiger partial charge in [-0.05, 0) is 24.3 Å². The van der Waals surface area contributed by atoms with Crippen LogP contribution >= 0.6 is 11.8 Å². The topological polar surface area (TPSA) is 55.1 Å². The molecule has 0 amide bonds. The summed E-state index contributed by atoms with van der Waals surface area (Å²) in [5.74, 6) is 1.71. The number of hydrogen-bond donors (Lipinski definition) is 1. The van der Waals surface area contributed by atoms with Gasteiger partial charge < -0.3 is 5.32 Å². The van der Waals surface area contributed by atoms with E-state index >= 15 is 0 Å². The number of rotatable bonds is 5. The van der Waals surface area contributed by atoms with Crippen molar-refractivity contribution in [3.63, 3.8) is 0 Å². The van der Waals surface area contributed by atoms with E-state index in [1.807, 2.05) is 34.5 Å². The minimum absolute atomic E-state index is 0.0957. The van der Waals surface area contributed by atoms with E-state index in [0.717, 1.165) is 23.8 Å². The van der Waals surface area contributed by atoms with Crippen LogP contribution in [0, 0.1) is 0 Å². The highest BCUT2D eigenvalue weighted by atomic mass is 32.2. The van der Waals surface area contributed by atoms with E-state index in [1.165, 1.54) is 4.90 Å². The van der Waals surface area contributed by atoms with Crippen LogP contribution in [0.25, 0.3) is 5.65 Å². The second-order valence-corrected chi connectivity index (χ2v) is 8.40. The highest BCUT2D eigenvalue weighted by Crippen LogP contribution is 2.23. The minimum Gasteiger partial charge on any atom is -0.368 e. The molecule has 0 saturated heterocycles. The van der Waals surface area contributed by atoms with Crippen molar-refractivity contribution in [2.24, 2.45) is 0 Å². The zero-order valence-electron chi connectivity index (χ0n) is 14.5. The lowest BCUT2D eigenvalue weighted by Crippen LogP contribution is -2.19. The zero-order chi connectivity index (χ0) is 17.2. The number of anilines is 1. The summed E-state index contributed by atoms with van der Waals surface area (Å²) in [5, 5.41) is 17.0. The molecule has 2 heterocycles. The van der Waals surface area contributed by atoms with Gasteiger partial charge in [-0.25, -0.2) is 0 Å². The second-order valence-electron chi connectivity index (χ2n) is 6.88. The van der Waals surface area contributed by atoms with Gasteiger partial charge >= 0.3 is 0 Å². The number of hydrogen-bond acceptors (Lipinski definition) is 5. The molecular weight excluding hydrogens is 318 g/mol. The highest BCUT2D eigenvalue weighted by molar-refractivity contribution is 8.00. The molecule has 126 valence electrons. The van der Waals surface area contributed by atoms with Gasteiger partial charge in [-0.2, -0.15) is 4.52 Å². The Morgan fingerprint density at radius 3 is 2.54 bits per heavy atom. The fourth-order valence-electron chi connectivity index (χ4n) is 2.37. The number of fused-ring (bicyclic) bond motifs is 1. The van der Waals surface area contributed by atoms with Crippen LogP contribution in [0.5, 0.6) is 0 Å². The molecule has 2 aromatic heterocycles. The van der Waals surface area contributed by atoms with Gasteiger partial charge in [0.15, 0.2) is 11.5 Å². The summed E-state index contributed by atoms with van der Waals surface area (Å²) in [6, 6.07) is 14.4. The predicted molar refractivity (Wildman–Crippen MR) is 99.7 cm³/mol. The SMILES string of the molecule is CC(CNc1ccc2nnc(C(C)(C)C)n2n1)Sc1ccccc1. The van der Waals surface area contributed by atoms with Gasteiger partial charge in [-0.15, -0.1) is 27.1 Å². The van der Waals surface area contributed by atoms with E-state index in [-0.39, 0.29) is 5.41 Å². The summed E-state index contributed by atoms with van der Waals surface area (Å²) in [5.41, 5.74) is 0.679. The summed E-state index contributed by atoms with van der Waals surface area (Å²) in [4.78, 5) is 1.28. The summed E-state index contributed by atoms with van der Waals surface area (Å²) < 4.78 is 1.83. The first-order chi connectivity index (χ1) is 11.4. The van der Waals surface area contributed by atoms with E-state index in [0.29, 0.717) is 5.25 Å². The summed E-state index contributed by atoms with van der Waals surface area (Å²) in [7, 11) is 0. The number of aromatic nitrogens is 4. The zero-order valence-corrected chi connectivity index (χ0v) is 15.3. The molecular formula is C18H23N5S. The van der Waals surface area contributed by atoms with Crippen molar-refractivity contribution in [2.75, 3.05) is 11.9 Å². The Bertz CT molecular complexity index is 807. The second kappa shape index (κ2) is 6.81. The van der Waals surface area contributed by atoms with E-state index in [4.69, 9.17) is 0 Å². The molecule has 1 unspecified atom stereocenters. The molecule has 3 rings (SSSR count). The average Bonchev–Trinajstić information content (AvgIpc) is 2.97. The standard InChI is InChI=1S/C18H23N5S/c1-13(24-14-8-6-5-7-9-14)12-19-15-10-11-16-20-21-17(18(2,3)4)23(16)22-15/h5-11,13H,12H2,1-4H3,(H,19,22). The third-order valence-corrected chi connectivity index (χ3v) is 4.70. The van der Waals surface area contributed by atoms with Crippen LogP contribution in [0.3, 0.4) is 0 Å². The average molecular weight is 341 g/mol. The third kappa shape index (κ3) is 3.87. The van der Waals surface area contributed by atoms with Crippen LogP contribution < -0.4 is 5.32 Å².